The van der Waals surface area contributed by atoms with Crippen LogP contribution in [0.2, 0.25) is 5.02 Å². The maximum absolute atomic E-state index is 12.1. The highest BCUT2D eigenvalue weighted by molar-refractivity contribution is 7.85. The number of carboxylic acid groups (broad SMARTS) is 1. The van der Waals surface area contributed by atoms with Crippen LogP contribution in [-0.2, 0) is 15.5 Å². The third-order valence-electron chi connectivity index (χ3n) is 2.59. The van der Waals surface area contributed by atoms with Gasteiger partial charge in [-0.25, -0.2) is 4.79 Å². The first kappa shape index (κ1) is 12.5. The van der Waals surface area contributed by atoms with Crippen LogP contribution >= 0.6 is 11.6 Å². The number of benzene rings is 1. The Balaban J connectivity index is 2.29. The van der Waals surface area contributed by atoms with Gasteiger partial charge in [-0.1, -0.05) is 11.6 Å². The fourth-order valence-electron chi connectivity index (χ4n) is 1.67. The molecule has 1 heterocycles. The number of halogens is 1. The molecule has 1 aromatic carbocycles. The van der Waals surface area contributed by atoms with Gasteiger partial charge in [-0.3, -0.25) is 4.21 Å². The van der Waals surface area contributed by atoms with E-state index in [9.17, 15) is 9.00 Å². The smallest absolute Gasteiger partial charge is 0.337 e. The third-order valence-corrected chi connectivity index (χ3v) is 4.62. The van der Waals surface area contributed by atoms with E-state index in [-0.39, 0.29) is 15.8 Å². The molecule has 4 nitrogen and oxygen atoms in total. The number of rotatable bonds is 3. The van der Waals surface area contributed by atoms with Crippen molar-refractivity contribution in [1.29, 1.82) is 0 Å². The summed E-state index contributed by atoms with van der Waals surface area (Å²) >= 11 is 5.75. The Morgan fingerprint density at radius 2 is 2.29 bits per heavy atom. The van der Waals surface area contributed by atoms with Gasteiger partial charge >= 0.3 is 5.97 Å². The summed E-state index contributed by atoms with van der Waals surface area (Å²) in [5, 5.41) is 9.03. The molecule has 1 saturated heterocycles. The summed E-state index contributed by atoms with van der Waals surface area (Å²) in [6.07, 6.45) is 0.734. The molecule has 0 saturated carbocycles. The number of ether oxygens (including phenoxy) is 1. The number of carbonyl (C=O) groups is 1. The molecule has 1 aliphatic rings. The molecular weight excluding hydrogens is 264 g/mol. The predicted octanol–water partition coefficient (Wildman–Crippen LogP) is 1.93. The lowest BCUT2D eigenvalue weighted by atomic mass is 10.2. The molecule has 0 aliphatic carbocycles. The van der Waals surface area contributed by atoms with Crippen LogP contribution in [0.3, 0.4) is 0 Å². The quantitative estimate of drug-likeness (QED) is 0.915. The van der Waals surface area contributed by atoms with Gasteiger partial charge in [-0.2, -0.15) is 0 Å². The Morgan fingerprint density at radius 1 is 1.53 bits per heavy atom. The molecule has 1 aromatic rings. The Morgan fingerprint density at radius 3 is 2.88 bits per heavy atom. The molecular formula is C11H11ClO4S. The molecule has 0 aromatic heterocycles. The largest absolute Gasteiger partial charge is 0.478 e. The fraction of sp³-hybridized carbons (Fsp3) is 0.364. The molecule has 1 N–H and O–H groups in total. The van der Waals surface area contributed by atoms with E-state index >= 15 is 0 Å². The van der Waals surface area contributed by atoms with Crippen LogP contribution in [0.15, 0.2) is 23.1 Å². The van der Waals surface area contributed by atoms with Gasteiger partial charge in [0, 0.05) is 11.5 Å². The van der Waals surface area contributed by atoms with Crippen LogP contribution < -0.4 is 0 Å². The van der Waals surface area contributed by atoms with Crippen molar-refractivity contribution in [3.63, 3.8) is 0 Å². The van der Waals surface area contributed by atoms with Crippen LogP contribution in [-0.4, -0.2) is 33.7 Å². The summed E-state index contributed by atoms with van der Waals surface area (Å²) in [6.45, 7) is 1.06. The summed E-state index contributed by atoms with van der Waals surface area (Å²) in [6, 6.07) is 4.44. The first-order valence-electron chi connectivity index (χ1n) is 5.11. The van der Waals surface area contributed by atoms with Crippen LogP contribution in [0.5, 0.6) is 0 Å². The van der Waals surface area contributed by atoms with Gasteiger partial charge in [0.15, 0.2) is 0 Å². The number of carboxylic acids is 1. The highest BCUT2D eigenvalue weighted by Gasteiger charge is 2.24. The van der Waals surface area contributed by atoms with Crippen LogP contribution in [0.25, 0.3) is 0 Å². The average molecular weight is 275 g/mol. The fourth-order valence-corrected chi connectivity index (χ4v) is 3.22. The van der Waals surface area contributed by atoms with E-state index in [1.54, 1.807) is 6.07 Å². The maximum atomic E-state index is 12.1. The summed E-state index contributed by atoms with van der Waals surface area (Å²) in [7, 11) is -1.24. The third kappa shape index (κ3) is 2.68. The van der Waals surface area contributed by atoms with E-state index in [4.69, 9.17) is 21.4 Å². The Hall–Kier alpha value is -0.910. The van der Waals surface area contributed by atoms with Gasteiger partial charge in [-0.05, 0) is 24.6 Å². The highest BCUT2D eigenvalue weighted by Crippen LogP contribution is 2.23. The minimum atomic E-state index is -1.24. The van der Waals surface area contributed by atoms with Crippen molar-refractivity contribution < 1.29 is 18.8 Å². The lowest BCUT2D eigenvalue weighted by molar-refractivity contribution is 0.0697. The van der Waals surface area contributed by atoms with Crippen LogP contribution in [0.4, 0.5) is 0 Å². The predicted molar refractivity (Wildman–Crippen MR) is 64.0 cm³/mol. The van der Waals surface area contributed by atoms with Gasteiger partial charge in [-0.15, -0.1) is 0 Å². The molecule has 2 rings (SSSR count). The SMILES string of the molecule is O=C(O)c1cc(S(=O)C2CCOC2)ccc1Cl. The van der Waals surface area contributed by atoms with E-state index in [0.29, 0.717) is 18.1 Å². The first-order valence-corrected chi connectivity index (χ1v) is 6.70. The van der Waals surface area contributed by atoms with E-state index in [2.05, 4.69) is 0 Å². The molecule has 0 bridgehead atoms. The van der Waals surface area contributed by atoms with E-state index in [0.717, 1.165) is 6.42 Å². The molecule has 1 aliphatic heterocycles. The second kappa shape index (κ2) is 5.16. The summed E-state index contributed by atoms with van der Waals surface area (Å²) in [5.74, 6) is -1.11. The topological polar surface area (TPSA) is 63.6 Å². The molecule has 2 unspecified atom stereocenters. The first-order chi connectivity index (χ1) is 8.09. The lowest BCUT2D eigenvalue weighted by Gasteiger charge is -2.09. The van der Waals surface area contributed by atoms with Crippen molar-refractivity contribution in [2.75, 3.05) is 13.2 Å². The van der Waals surface area contributed by atoms with Gasteiger partial charge in [0.25, 0.3) is 0 Å². The second-order valence-electron chi connectivity index (χ2n) is 3.73. The van der Waals surface area contributed by atoms with Crippen molar-refractivity contribution in [3.05, 3.63) is 28.8 Å². The Labute approximate surface area is 106 Å². The Bertz CT molecular complexity index is 469. The van der Waals surface area contributed by atoms with Gasteiger partial charge in [0.05, 0.1) is 33.2 Å². The van der Waals surface area contributed by atoms with Crippen LogP contribution in [0, 0.1) is 0 Å². The number of hydrogen-bond donors (Lipinski definition) is 1. The van der Waals surface area contributed by atoms with Crippen molar-refractivity contribution >= 4 is 28.4 Å². The van der Waals surface area contributed by atoms with E-state index < -0.39 is 16.8 Å². The van der Waals surface area contributed by atoms with Crippen LogP contribution in [0.1, 0.15) is 16.8 Å². The van der Waals surface area contributed by atoms with Gasteiger partial charge in [0.1, 0.15) is 0 Å². The van der Waals surface area contributed by atoms with Crippen molar-refractivity contribution in [3.8, 4) is 0 Å². The van der Waals surface area contributed by atoms with Crippen molar-refractivity contribution in [2.45, 2.75) is 16.6 Å². The lowest BCUT2D eigenvalue weighted by Crippen LogP contribution is -2.15. The summed E-state index contributed by atoms with van der Waals surface area (Å²) < 4.78 is 17.3. The standard InChI is InChI=1S/C11H11ClO4S/c12-10-2-1-7(5-9(10)11(13)14)17(15)8-3-4-16-6-8/h1-2,5,8H,3-4,6H2,(H,13,14). The second-order valence-corrected chi connectivity index (χ2v) is 5.87. The molecule has 0 radical (unpaired) electrons. The van der Waals surface area contributed by atoms with Crippen molar-refractivity contribution in [2.24, 2.45) is 0 Å². The van der Waals surface area contributed by atoms with E-state index in [1.165, 1.54) is 12.1 Å². The zero-order valence-corrected chi connectivity index (χ0v) is 10.5. The highest BCUT2D eigenvalue weighted by atomic mass is 35.5. The number of hydrogen-bond acceptors (Lipinski definition) is 3. The van der Waals surface area contributed by atoms with E-state index in [1.807, 2.05) is 0 Å². The van der Waals surface area contributed by atoms with Gasteiger partial charge < -0.3 is 9.84 Å². The molecule has 0 spiro atoms. The summed E-state index contributed by atoms with van der Waals surface area (Å²) in [5.41, 5.74) is -0.0172. The average Bonchev–Trinajstić information content (AvgIpc) is 2.81. The monoisotopic (exact) mass is 274 g/mol. The molecule has 92 valence electrons. The zero-order valence-electron chi connectivity index (χ0n) is 8.89. The zero-order chi connectivity index (χ0) is 12.4. The summed E-state index contributed by atoms with van der Waals surface area (Å²) in [4.78, 5) is 11.4. The molecule has 17 heavy (non-hydrogen) atoms. The normalized spacial score (nSPS) is 21.4. The molecule has 1 fully saturated rings. The maximum Gasteiger partial charge on any atom is 0.337 e. The van der Waals surface area contributed by atoms with Crippen molar-refractivity contribution in [1.82, 2.24) is 0 Å². The minimum absolute atomic E-state index is 0.0172. The molecule has 6 heteroatoms. The minimum Gasteiger partial charge on any atom is -0.478 e. The Kier molecular flexibility index (Phi) is 3.81. The van der Waals surface area contributed by atoms with Gasteiger partial charge in [0.2, 0.25) is 0 Å². The molecule has 2 atom stereocenters. The molecule has 0 amide bonds. The number of aromatic carboxylic acids is 1.